The highest BCUT2D eigenvalue weighted by Crippen LogP contribution is 2.30. The fourth-order valence-corrected chi connectivity index (χ4v) is 3.37. The number of rotatable bonds is 3. The zero-order chi connectivity index (χ0) is 21.1. The molecule has 0 saturated heterocycles. The van der Waals surface area contributed by atoms with Gasteiger partial charge < -0.3 is 15.4 Å². The van der Waals surface area contributed by atoms with Crippen LogP contribution in [0.3, 0.4) is 0 Å². The van der Waals surface area contributed by atoms with Crippen molar-refractivity contribution in [2.75, 3.05) is 5.32 Å². The molecule has 1 amide bonds. The molecule has 0 aliphatic carbocycles. The van der Waals surface area contributed by atoms with Crippen molar-refractivity contribution in [1.82, 2.24) is 4.98 Å². The van der Waals surface area contributed by atoms with Crippen molar-refractivity contribution in [3.05, 3.63) is 89.6 Å². The van der Waals surface area contributed by atoms with Gasteiger partial charge in [-0.1, -0.05) is 36.1 Å². The molecule has 146 valence electrons. The minimum absolute atomic E-state index is 0.156. The lowest BCUT2D eigenvalue weighted by molar-refractivity contribution is -0.114. The Morgan fingerprint density at radius 3 is 2.60 bits per heavy atom. The van der Waals surface area contributed by atoms with Gasteiger partial charge in [0.05, 0.1) is 5.56 Å². The summed E-state index contributed by atoms with van der Waals surface area (Å²) in [6, 6.07) is 20.0. The molecule has 5 nitrogen and oxygen atoms in total. The van der Waals surface area contributed by atoms with Crippen LogP contribution in [-0.2, 0) is 4.79 Å². The average molecular weight is 394 g/mol. The molecule has 0 spiro atoms. The number of H-pyrrole nitrogens is 1. The van der Waals surface area contributed by atoms with E-state index in [0.717, 1.165) is 16.5 Å². The van der Waals surface area contributed by atoms with E-state index in [-0.39, 0.29) is 11.5 Å². The Morgan fingerprint density at radius 2 is 1.80 bits per heavy atom. The van der Waals surface area contributed by atoms with Gasteiger partial charge in [-0.2, -0.15) is 0 Å². The number of aromatic carboxylic acids is 1. The van der Waals surface area contributed by atoms with Crippen molar-refractivity contribution >= 4 is 28.5 Å². The van der Waals surface area contributed by atoms with Crippen molar-refractivity contribution < 1.29 is 14.7 Å². The number of anilines is 1. The van der Waals surface area contributed by atoms with Crippen molar-refractivity contribution in [2.45, 2.75) is 6.92 Å². The molecule has 1 aromatic heterocycles. The van der Waals surface area contributed by atoms with Crippen LogP contribution in [-0.4, -0.2) is 22.0 Å². The van der Waals surface area contributed by atoms with Crippen LogP contribution in [0, 0.1) is 11.8 Å². The van der Waals surface area contributed by atoms with E-state index in [4.69, 9.17) is 0 Å². The summed E-state index contributed by atoms with van der Waals surface area (Å²) in [6.07, 6.45) is 1.85. The van der Waals surface area contributed by atoms with Crippen LogP contribution in [0.2, 0.25) is 0 Å². The molecule has 3 N–H and O–H groups in total. The average Bonchev–Trinajstić information content (AvgIpc) is 3.19. The minimum atomic E-state index is -1.01. The molecule has 0 bridgehead atoms. The van der Waals surface area contributed by atoms with Crippen LogP contribution in [0.5, 0.6) is 0 Å². The molecule has 4 aromatic rings. The second-order valence-electron chi connectivity index (χ2n) is 6.82. The number of carboxylic acids is 1. The quantitative estimate of drug-likeness (QED) is 0.433. The van der Waals surface area contributed by atoms with Gasteiger partial charge in [-0.3, -0.25) is 4.79 Å². The predicted molar refractivity (Wildman–Crippen MR) is 117 cm³/mol. The summed E-state index contributed by atoms with van der Waals surface area (Å²) in [5.41, 5.74) is 4.46. The number of amides is 1. The summed E-state index contributed by atoms with van der Waals surface area (Å²) in [5.74, 6) is 5.03. The van der Waals surface area contributed by atoms with E-state index in [1.807, 2.05) is 48.7 Å². The van der Waals surface area contributed by atoms with E-state index >= 15 is 0 Å². The maximum absolute atomic E-state index is 11.9. The predicted octanol–water partition coefficient (Wildman–Crippen LogP) is 4.89. The van der Waals surface area contributed by atoms with E-state index in [9.17, 15) is 14.7 Å². The van der Waals surface area contributed by atoms with Gasteiger partial charge in [0, 0.05) is 41.0 Å². The summed E-state index contributed by atoms with van der Waals surface area (Å²) in [7, 11) is 0. The standard InChI is InChI=1S/C25H18N2O3/c1-16(28)27-21-6-2-4-17(14-21)8-9-19-5-3-7-22(25(29)30)24(19)20-11-10-18-12-13-26-23(18)15-20/h2-7,10-15,26H,1H3,(H,27,28)(H,29,30). The van der Waals surface area contributed by atoms with Crippen LogP contribution in [0.15, 0.2) is 72.9 Å². The largest absolute Gasteiger partial charge is 0.478 e. The van der Waals surface area contributed by atoms with Crippen LogP contribution in [0.4, 0.5) is 5.69 Å². The normalized spacial score (nSPS) is 10.3. The SMILES string of the molecule is CC(=O)Nc1cccc(C#Cc2cccc(C(=O)O)c2-c2ccc3cc[nH]c3c2)c1. The second-order valence-corrected chi connectivity index (χ2v) is 6.82. The van der Waals surface area contributed by atoms with Crippen molar-refractivity contribution in [2.24, 2.45) is 0 Å². The number of benzene rings is 3. The first-order chi connectivity index (χ1) is 14.5. The maximum atomic E-state index is 11.9. The molecule has 4 rings (SSSR count). The molecular weight excluding hydrogens is 376 g/mol. The third kappa shape index (κ3) is 3.94. The summed E-state index contributed by atoms with van der Waals surface area (Å²) in [4.78, 5) is 26.3. The van der Waals surface area contributed by atoms with Crippen LogP contribution >= 0.6 is 0 Å². The second kappa shape index (κ2) is 7.98. The number of carboxylic acid groups (broad SMARTS) is 1. The first kappa shape index (κ1) is 19.0. The molecule has 0 atom stereocenters. The number of nitrogens with one attached hydrogen (secondary N) is 2. The maximum Gasteiger partial charge on any atom is 0.336 e. The Hall–Kier alpha value is -4.30. The number of aromatic nitrogens is 1. The Morgan fingerprint density at radius 1 is 0.967 bits per heavy atom. The lowest BCUT2D eigenvalue weighted by Crippen LogP contribution is -2.05. The Labute approximate surface area is 173 Å². The smallest absolute Gasteiger partial charge is 0.336 e. The number of carbonyl (C=O) groups excluding carboxylic acids is 1. The molecule has 1 heterocycles. The lowest BCUT2D eigenvalue weighted by atomic mass is 9.93. The van der Waals surface area contributed by atoms with E-state index < -0.39 is 5.97 Å². The lowest BCUT2D eigenvalue weighted by Gasteiger charge is -2.10. The Bertz CT molecular complexity index is 1340. The van der Waals surface area contributed by atoms with Crippen molar-refractivity contribution in [1.29, 1.82) is 0 Å². The van der Waals surface area contributed by atoms with Gasteiger partial charge in [0.1, 0.15) is 0 Å². The van der Waals surface area contributed by atoms with Gasteiger partial charge in [-0.15, -0.1) is 0 Å². The van der Waals surface area contributed by atoms with Gasteiger partial charge in [-0.05, 0) is 53.4 Å². The number of hydrogen-bond acceptors (Lipinski definition) is 2. The van der Waals surface area contributed by atoms with Crippen LogP contribution in [0.1, 0.15) is 28.4 Å². The number of carbonyl (C=O) groups is 2. The zero-order valence-electron chi connectivity index (χ0n) is 16.2. The molecule has 0 fully saturated rings. The van der Waals surface area contributed by atoms with Crippen LogP contribution in [0.25, 0.3) is 22.0 Å². The fraction of sp³-hybridized carbons (Fsp3) is 0.0400. The molecule has 0 aliphatic rings. The monoisotopic (exact) mass is 394 g/mol. The first-order valence-corrected chi connectivity index (χ1v) is 9.35. The fourth-order valence-electron chi connectivity index (χ4n) is 3.37. The number of hydrogen-bond donors (Lipinski definition) is 3. The Kier molecular flexibility index (Phi) is 5.06. The third-order valence-electron chi connectivity index (χ3n) is 4.66. The van der Waals surface area contributed by atoms with Crippen molar-refractivity contribution in [3.8, 4) is 23.0 Å². The molecule has 0 aliphatic heterocycles. The van der Waals surface area contributed by atoms with E-state index in [0.29, 0.717) is 22.4 Å². The summed E-state index contributed by atoms with van der Waals surface area (Å²) < 4.78 is 0. The van der Waals surface area contributed by atoms with Crippen LogP contribution < -0.4 is 5.32 Å². The van der Waals surface area contributed by atoms with Gasteiger partial charge in [-0.25, -0.2) is 4.79 Å². The molecular formula is C25H18N2O3. The summed E-state index contributed by atoms with van der Waals surface area (Å²) in [5, 5.41) is 13.5. The van der Waals surface area contributed by atoms with E-state index in [2.05, 4.69) is 22.1 Å². The highest BCUT2D eigenvalue weighted by molar-refractivity contribution is 5.99. The first-order valence-electron chi connectivity index (χ1n) is 9.35. The minimum Gasteiger partial charge on any atom is -0.478 e. The molecule has 5 heteroatoms. The summed E-state index contributed by atoms with van der Waals surface area (Å²) in [6.45, 7) is 1.45. The van der Waals surface area contributed by atoms with Gasteiger partial charge >= 0.3 is 5.97 Å². The summed E-state index contributed by atoms with van der Waals surface area (Å²) >= 11 is 0. The highest BCUT2D eigenvalue weighted by Gasteiger charge is 2.15. The molecule has 0 radical (unpaired) electrons. The van der Waals surface area contributed by atoms with E-state index in [1.54, 1.807) is 24.3 Å². The molecule has 30 heavy (non-hydrogen) atoms. The topological polar surface area (TPSA) is 82.2 Å². The third-order valence-corrected chi connectivity index (χ3v) is 4.66. The molecule has 0 unspecified atom stereocenters. The van der Waals surface area contributed by atoms with Gasteiger partial charge in [0.2, 0.25) is 5.91 Å². The van der Waals surface area contributed by atoms with E-state index in [1.165, 1.54) is 6.92 Å². The van der Waals surface area contributed by atoms with Gasteiger partial charge in [0.25, 0.3) is 0 Å². The number of aromatic amines is 1. The highest BCUT2D eigenvalue weighted by atomic mass is 16.4. The zero-order valence-corrected chi connectivity index (χ0v) is 16.2. The van der Waals surface area contributed by atoms with Gasteiger partial charge in [0.15, 0.2) is 0 Å². The Balaban J connectivity index is 1.82. The van der Waals surface area contributed by atoms with Crippen molar-refractivity contribution in [3.63, 3.8) is 0 Å². The molecule has 0 saturated carbocycles. The molecule has 3 aromatic carbocycles. The number of fused-ring (bicyclic) bond motifs is 1.